The minimum atomic E-state index is -1.19. The predicted molar refractivity (Wildman–Crippen MR) is 67.8 cm³/mol. The normalized spacial score (nSPS) is 15.9. The van der Waals surface area contributed by atoms with Gasteiger partial charge >= 0.3 is 5.97 Å². The van der Waals surface area contributed by atoms with Gasteiger partial charge in [0.2, 0.25) is 5.91 Å². The molecule has 1 unspecified atom stereocenters. The Labute approximate surface area is 111 Å². The number of carbonyl (C=O) groups excluding carboxylic acids is 1. The number of hydrogen-bond acceptors (Lipinski definition) is 3. The molecule has 5 heteroatoms. The molecule has 0 aliphatic carbocycles. The Hall–Kier alpha value is -1.49. The summed E-state index contributed by atoms with van der Waals surface area (Å²) in [4.78, 5) is 21.9. The van der Waals surface area contributed by atoms with Crippen molar-refractivity contribution in [3.63, 3.8) is 0 Å². The van der Waals surface area contributed by atoms with Crippen molar-refractivity contribution in [1.82, 2.24) is 5.32 Å². The van der Waals surface area contributed by atoms with E-state index in [1.54, 1.807) is 0 Å². The van der Waals surface area contributed by atoms with Crippen LogP contribution >= 0.6 is 11.8 Å². The number of carbonyl (C=O) groups is 2. The minimum Gasteiger partial charge on any atom is -0.480 e. The molecule has 0 fully saturated rings. The molecular weight excluding hydrogens is 238 g/mol. The lowest BCUT2D eigenvalue weighted by atomic mass is 10.2. The summed E-state index contributed by atoms with van der Waals surface area (Å²) in [6.45, 7) is 1.20. The summed E-state index contributed by atoms with van der Waals surface area (Å²) in [7, 11) is 0. The zero-order chi connectivity index (χ0) is 17.0. The van der Waals surface area contributed by atoms with Crippen LogP contribution in [0, 0.1) is 0 Å². The summed E-state index contributed by atoms with van der Waals surface area (Å²) in [5, 5.41) is 11.2. The molecule has 0 heterocycles. The van der Waals surface area contributed by atoms with Crippen LogP contribution in [0.3, 0.4) is 0 Å². The van der Waals surface area contributed by atoms with Gasteiger partial charge in [-0.3, -0.25) is 4.79 Å². The minimum absolute atomic E-state index is 0.0249. The highest BCUT2D eigenvalue weighted by Crippen LogP contribution is 2.12. The van der Waals surface area contributed by atoms with Crippen LogP contribution in [0.4, 0.5) is 0 Å². The van der Waals surface area contributed by atoms with Crippen molar-refractivity contribution in [2.24, 2.45) is 0 Å². The van der Waals surface area contributed by atoms with Crippen LogP contribution in [0.25, 0.3) is 0 Å². The summed E-state index contributed by atoms with van der Waals surface area (Å²) in [5.41, 5.74) is 0.114. The first-order chi connectivity index (χ1) is 10.2. The maximum absolute atomic E-state index is 11.0. The zero-order valence-corrected chi connectivity index (χ0v) is 9.98. The smallest absolute Gasteiger partial charge is 0.327 e. The van der Waals surface area contributed by atoms with E-state index in [0.717, 1.165) is 11.8 Å². The number of carboxylic acid groups (broad SMARTS) is 1. The molecule has 0 saturated heterocycles. The Morgan fingerprint density at radius 3 is 2.65 bits per heavy atom. The molecule has 1 rings (SSSR count). The number of rotatable bonds is 6. The SMILES string of the molecule is [2H]c1c([2H])c([2H])c(CSCC(NC(C)=O)C(=O)O)c([2H])c1[2H]. The van der Waals surface area contributed by atoms with Crippen molar-refractivity contribution in [1.29, 1.82) is 0 Å². The predicted octanol–water partition coefficient (Wildman–Crippen LogP) is 1.51. The number of thioether (sulfide) groups is 1. The number of benzene rings is 1. The van der Waals surface area contributed by atoms with E-state index >= 15 is 0 Å². The van der Waals surface area contributed by atoms with Crippen LogP contribution in [0.5, 0.6) is 0 Å². The lowest BCUT2D eigenvalue weighted by Gasteiger charge is -2.12. The van der Waals surface area contributed by atoms with E-state index in [4.69, 9.17) is 12.0 Å². The van der Waals surface area contributed by atoms with Crippen LogP contribution in [-0.2, 0) is 15.3 Å². The lowest BCUT2D eigenvalue weighted by molar-refractivity contribution is -0.140. The molecule has 4 nitrogen and oxygen atoms in total. The Morgan fingerprint density at radius 2 is 2.12 bits per heavy atom. The van der Waals surface area contributed by atoms with Crippen LogP contribution in [0.1, 0.15) is 19.3 Å². The first-order valence-electron chi connectivity index (χ1n) is 7.30. The molecule has 0 aliphatic rings. The molecule has 0 aromatic heterocycles. The maximum Gasteiger partial charge on any atom is 0.327 e. The lowest BCUT2D eigenvalue weighted by Crippen LogP contribution is -2.41. The molecule has 0 radical (unpaired) electrons. The Balaban J connectivity index is 2.85. The first-order valence-corrected chi connectivity index (χ1v) is 5.95. The molecule has 0 aliphatic heterocycles. The summed E-state index contributed by atoms with van der Waals surface area (Å²) < 4.78 is 38.1. The Kier molecular flexibility index (Phi) is 3.18. The molecule has 1 atom stereocenters. The van der Waals surface area contributed by atoms with Gasteiger partial charge in [0.05, 0.1) is 6.85 Å². The van der Waals surface area contributed by atoms with Gasteiger partial charge in [-0.05, 0) is 5.56 Å². The van der Waals surface area contributed by atoms with Crippen LogP contribution in [0.2, 0.25) is 0 Å². The molecule has 0 bridgehead atoms. The Morgan fingerprint density at radius 1 is 1.47 bits per heavy atom. The van der Waals surface area contributed by atoms with Gasteiger partial charge in [0.15, 0.2) is 0 Å². The van der Waals surface area contributed by atoms with Crippen molar-refractivity contribution in [3.05, 3.63) is 35.8 Å². The first kappa shape index (κ1) is 7.76. The molecule has 17 heavy (non-hydrogen) atoms. The summed E-state index contributed by atoms with van der Waals surface area (Å²) in [6.07, 6.45) is 0. The average molecular weight is 258 g/mol. The van der Waals surface area contributed by atoms with E-state index in [0.29, 0.717) is 0 Å². The van der Waals surface area contributed by atoms with Gasteiger partial charge in [0.1, 0.15) is 6.04 Å². The fourth-order valence-electron chi connectivity index (χ4n) is 1.05. The summed E-state index contributed by atoms with van der Waals surface area (Å²) >= 11 is 1.07. The van der Waals surface area contributed by atoms with Crippen molar-refractivity contribution < 1.29 is 21.5 Å². The topological polar surface area (TPSA) is 66.4 Å². The van der Waals surface area contributed by atoms with Crippen LogP contribution in [0.15, 0.2) is 30.2 Å². The van der Waals surface area contributed by atoms with Crippen molar-refractivity contribution in [3.8, 4) is 0 Å². The number of nitrogens with one attached hydrogen (secondary N) is 1. The molecule has 1 aromatic carbocycles. The van der Waals surface area contributed by atoms with Gasteiger partial charge in [0, 0.05) is 18.4 Å². The fraction of sp³-hybridized carbons (Fsp3) is 0.333. The molecule has 1 amide bonds. The van der Waals surface area contributed by atoms with E-state index in [1.165, 1.54) is 6.92 Å². The van der Waals surface area contributed by atoms with Gasteiger partial charge in [-0.1, -0.05) is 30.2 Å². The summed E-state index contributed by atoms with van der Waals surface area (Å²) in [5.74, 6) is -1.59. The average Bonchev–Trinajstić information content (AvgIpc) is 2.44. The molecule has 1 aromatic rings. The quantitative estimate of drug-likeness (QED) is 0.811. The highest BCUT2D eigenvalue weighted by atomic mass is 32.2. The second-order valence-electron chi connectivity index (χ2n) is 3.21. The number of carboxylic acids is 1. The van der Waals surface area contributed by atoms with E-state index in [2.05, 4.69) is 5.32 Å². The van der Waals surface area contributed by atoms with Crippen LogP contribution in [-0.4, -0.2) is 28.8 Å². The van der Waals surface area contributed by atoms with Crippen molar-refractivity contribution in [2.45, 2.75) is 18.7 Å². The van der Waals surface area contributed by atoms with Gasteiger partial charge in [0.25, 0.3) is 0 Å². The van der Waals surface area contributed by atoms with Gasteiger partial charge in [-0.25, -0.2) is 4.79 Å². The second kappa shape index (κ2) is 6.96. The highest BCUT2D eigenvalue weighted by Gasteiger charge is 2.17. The largest absolute Gasteiger partial charge is 0.480 e. The van der Waals surface area contributed by atoms with Gasteiger partial charge < -0.3 is 10.4 Å². The zero-order valence-electron chi connectivity index (χ0n) is 14.2. The molecule has 0 spiro atoms. The van der Waals surface area contributed by atoms with E-state index in [1.807, 2.05) is 0 Å². The molecule has 92 valence electrons. The highest BCUT2D eigenvalue weighted by molar-refractivity contribution is 7.98. The van der Waals surface area contributed by atoms with Gasteiger partial charge in [-0.2, -0.15) is 11.8 Å². The van der Waals surface area contributed by atoms with E-state index in [9.17, 15) is 9.59 Å². The van der Waals surface area contributed by atoms with E-state index in [-0.39, 0.29) is 29.2 Å². The van der Waals surface area contributed by atoms with Gasteiger partial charge in [-0.15, -0.1) is 0 Å². The Bertz CT molecular complexity index is 582. The second-order valence-corrected chi connectivity index (χ2v) is 4.24. The van der Waals surface area contributed by atoms with Crippen molar-refractivity contribution in [2.75, 3.05) is 5.75 Å². The number of hydrogen-bond donors (Lipinski definition) is 2. The number of amides is 1. The molecular formula is C12H15NO3S. The maximum atomic E-state index is 11.0. The van der Waals surface area contributed by atoms with Crippen molar-refractivity contribution >= 4 is 23.6 Å². The molecule has 2 N–H and O–H groups in total. The summed E-state index contributed by atoms with van der Waals surface area (Å²) in [6, 6.07) is -3.01. The number of aliphatic carboxylic acids is 1. The third-order valence-corrected chi connectivity index (χ3v) is 2.82. The third kappa shape index (κ3) is 5.40. The van der Waals surface area contributed by atoms with E-state index < -0.39 is 36.0 Å². The standard InChI is InChI=1S/C12H15NO3S/c1-9(14)13-11(12(15)16)8-17-7-10-5-3-2-4-6-10/h2-6,11H,7-8H2,1H3,(H,13,14)(H,15,16)/i2D,3D,4D,5D,6D. The fourth-order valence-corrected chi connectivity index (χ4v) is 1.97. The monoisotopic (exact) mass is 258 g/mol. The van der Waals surface area contributed by atoms with Crippen LogP contribution < -0.4 is 5.32 Å². The molecule has 0 saturated carbocycles. The third-order valence-electron chi connectivity index (χ3n) is 1.76.